The monoisotopic (exact) mass is 344 g/mol. The van der Waals surface area contributed by atoms with Gasteiger partial charge in [0.1, 0.15) is 0 Å². The van der Waals surface area contributed by atoms with Crippen LogP contribution in [0.25, 0.3) is 10.9 Å². The number of aromatic nitrogens is 1. The van der Waals surface area contributed by atoms with Crippen molar-refractivity contribution in [2.75, 3.05) is 11.6 Å². The molecule has 1 aromatic heterocycles. The van der Waals surface area contributed by atoms with E-state index in [-0.39, 0.29) is 5.91 Å². The molecule has 3 rings (SSSR count). The molecule has 0 saturated heterocycles. The van der Waals surface area contributed by atoms with E-state index in [1.54, 1.807) is 36.0 Å². The maximum absolute atomic E-state index is 12.4. The standard InChI is InChI=1S/C18H17ClN2OS/c1-21-15-6-4-3-5-14(15)18(23-2)16(21)11-17(22)20-13-9-7-12(19)8-10-13/h3-10H,11H2,1-2H3,(H,20,22). The number of para-hydroxylation sites is 1. The van der Waals surface area contributed by atoms with E-state index in [1.165, 1.54) is 5.39 Å². The van der Waals surface area contributed by atoms with Gasteiger partial charge in [0.2, 0.25) is 5.91 Å². The number of carbonyl (C=O) groups is 1. The van der Waals surface area contributed by atoms with Crippen LogP contribution in [0, 0.1) is 0 Å². The van der Waals surface area contributed by atoms with Gasteiger partial charge in [0.05, 0.1) is 6.42 Å². The molecule has 0 spiro atoms. The Morgan fingerprint density at radius 3 is 2.57 bits per heavy atom. The fourth-order valence-electron chi connectivity index (χ4n) is 2.73. The van der Waals surface area contributed by atoms with E-state index in [9.17, 15) is 4.79 Å². The number of thioether (sulfide) groups is 1. The highest BCUT2D eigenvalue weighted by Gasteiger charge is 2.16. The van der Waals surface area contributed by atoms with Crippen molar-refractivity contribution in [1.82, 2.24) is 4.57 Å². The van der Waals surface area contributed by atoms with Crippen molar-refractivity contribution in [2.45, 2.75) is 11.3 Å². The molecule has 0 fully saturated rings. The lowest BCUT2D eigenvalue weighted by Crippen LogP contribution is -2.16. The van der Waals surface area contributed by atoms with E-state index < -0.39 is 0 Å². The number of hydrogen-bond donors (Lipinski definition) is 1. The number of halogens is 1. The van der Waals surface area contributed by atoms with Crippen LogP contribution in [-0.4, -0.2) is 16.7 Å². The van der Waals surface area contributed by atoms with Crippen LogP contribution < -0.4 is 5.32 Å². The molecule has 3 aromatic rings. The van der Waals surface area contributed by atoms with Gasteiger partial charge in [-0.2, -0.15) is 0 Å². The zero-order chi connectivity index (χ0) is 16.4. The number of hydrogen-bond acceptors (Lipinski definition) is 2. The molecule has 0 aliphatic rings. The number of benzene rings is 2. The van der Waals surface area contributed by atoms with Gasteiger partial charge >= 0.3 is 0 Å². The number of anilines is 1. The summed E-state index contributed by atoms with van der Waals surface area (Å²) in [5, 5.41) is 4.77. The zero-order valence-corrected chi connectivity index (χ0v) is 14.5. The average Bonchev–Trinajstić information content (AvgIpc) is 2.82. The quantitative estimate of drug-likeness (QED) is 0.694. The predicted molar refractivity (Wildman–Crippen MR) is 98.5 cm³/mol. The van der Waals surface area contributed by atoms with Crippen LogP contribution in [0.2, 0.25) is 5.02 Å². The molecular formula is C18H17ClN2OS. The third-order valence-electron chi connectivity index (χ3n) is 3.84. The first-order chi connectivity index (χ1) is 11.1. The van der Waals surface area contributed by atoms with E-state index in [1.807, 2.05) is 25.4 Å². The fourth-order valence-corrected chi connectivity index (χ4v) is 3.69. The van der Waals surface area contributed by atoms with Crippen molar-refractivity contribution >= 4 is 45.9 Å². The molecule has 0 unspecified atom stereocenters. The van der Waals surface area contributed by atoms with E-state index in [4.69, 9.17) is 11.6 Å². The molecule has 23 heavy (non-hydrogen) atoms. The van der Waals surface area contributed by atoms with Gasteiger partial charge in [0.25, 0.3) is 0 Å². The fraction of sp³-hybridized carbons (Fsp3) is 0.167. The number of nitrogens with one attached hydrogen (secondary N) is 1. The van der Waals surface area contributed by atoms with Crippen molar-refractivity contribution in [3.63, 3.8) is 0 Å². The van der Waals surface area contributed by atoms with E-state index in [2.05, 4.69) is 22.0 Å². The largest absolute Gasteiger partial charge is 0.346 e. The molecule has 1 heterocycles. The van der Waals surface area contributed by atoms with E-state index >= 15 is 0 Å². The van der Waals surface area contributed by atoms with Crippen molar-refractivity contribution in [3.05, 3.63) is 59.2 Å². The Balaban J connectivity index is 1.87. The predicted octanol–water partition coefficient (Wildman–Crippen LogP) is 4.73. The van der Waals surface area contributed by atoms with Gasteiger partial charge in [-0.3, -0.25) is 4.79 Å². The molecular weight excluding hydrogens is 328 g/mol. The maximum atomic E-state index is 12.4. The first-order valence-corrected chi connectivity index (χ1v) is 8.86. The smallest absolute Gasteiger partial charge is 0.230 e. The second-order valence-electron chi connectivity index (χ2n) is 5.29. The van der Waals surface area contributed by atoms with E-state index in [0.29, 0.717) is 11.4 Å². The molecule has 1 N–H and O–H groups in total. The third kappa shape index (κ3) is 3.23. The number of carbonyl (C=O) groups excluding carboxylic acids is 1. The molecule has 1 amide bonds. The molecule has 0 aliphatic heterocycles. The Kier molecular flexibility index (Phi) is 4.64. The van der Waals surface area contributed by atoms with Crippen LogP contribution in [0.5, 0.6) is 0 Å². The number of amides is 1. The summed E-state index contributed by atoms with van der Waals surface area (Å²) in [6, 6.07) is 15.4. The van der Waals surface area contributed by atoms with Crippen LogP contribution in [0.1, 0.15) is 5.69 Å². The highest BCUT2D eigenvalue weighted by Crippen LogP contribution is 2.32. The highest BCUT2D eigenvalue weighted by molar-refractivity contribution is 7.98. The van der Waals surface area contributed by atoms with Crippen LogP contribution in [0.3, 0.4) is 0 Å². The lowest BCUT2D eigenvalue weighted by molar-refractivity contribution is -0.115. The van der Waals surface area contributed by atoms with Gasteiger partial charge < -0.3 is 9.88 Å². The van der Waals surface area contributed by atoms with Gasteiger partial charge in [-0.25, -0.2) is 0 Å². The van der Waals surface area contributed by atoms with Crippen molar-refractivity contribution in [2.24, 2.45) is 7.05 Å². The average molecular weight is 345 g/mol. The second kappa shape index (κ2) is 6.69. The number of rotatable bonds is 4. The van der Waals surface area contributed by atoms with Gasteiger partial charge in [0.15, 0.2) is 0 Å². The summed E-state index contributed by atoms with van der Waals surface area (Å²) in [4.78, 5) is 13.6. The summed E-state index contributed by atoms with van der Waals surface area (Å²) in [6.45, 7) is 0. The SMILES string of the molecule is CSc1c(CC(=O)Nc2ccc(Cl)cc2)n(C)c2ccccc12. The minimum atomic E-state index is -0.0338. The molecule has 118 valence electrons. The lowest BCUT2D eigenvalue weighted by Gasteiger charge is -2.08. The molecule has 0 atom stereocenters. The molecule has 0 saturated carbocycles. The van der Waals surface area contributed by atoms with Crippen molar-refractivity contribution < 1.29 is 4.79 Å². The summed E-state index contributed by atoms with van der Waals surface area (Å²) in [6.07, 6.45) is 2.38. The summed E-state index contributed by atoms with van der Waals surface area (Å²) in [5.41, 5.74) is 2.93. The summed E-state index contributed by atoms with van der Waals surface area (Å²) in [7, 11) is 2.01. The molecule has 0 radical (unpaired) electrons. The van der Waals surface area contributed by atoms with Gasteiger partial charge in [-0.1, -0.05) is 29.8 Å². The molecule has 0 aliphatic carbocycles. The number of nitrogens with zero attached hydrogens (tertiary/aromatic N) is 1. The Labute approximate surface area is 144 Å². The molecule has 3 nitrogen and oxygen atoms in total. The normalized spacial score (nSPS) is 10.9. The Bertz CT molecular complexity index is 855. The minimum absolute atomic E-state index is 0.0338. The summed E-state index contributed by atoms with van der Waals surface area (Å²) < 4.78 is 2.10. The minimum Gasteiger partial charge on any atom is -0.346 e. The van der Waals surface area contributed by atoms with Crippen LogP contribution in [0.15, 0.2) is 53.4 Å². The van der Waals surface area contributed by atoms with Crippen LogP contribution in [-0.2, 0) is 18.3 Å². The van der Waals surface area contributed by atoms with Gasteiger partial charge in [-0.05, 0) is 36.6 Å². The van der Waals surface area contributed by atoms with Crippen molar-refractivity contribution in [1.29, 1.82) is 0 Å². The van der Waals surface area contributed by atoms with E-state index in [0.717, 1.165) is 21.8 Å². The van der Waals surface area contributed by atoms with Gasteiger partial charge in [-0.15, -0.1) is 11.8 Å². The number of fused-ring (bicyclic) bond motifs is 1. The highest BCUT2D eigenvalue weighted by atomic mass is 35.5. The Morgan fingerprint density at radius 1 is 1.17 bits per heavy atom. The molecule has 2 aromatic carbocycles. The third-order valence-corrected chi connectivity index (χ3v) is 4.95. The Morgan fingerprint density at radius 2 is 1.87 bits per heavy atom. The first-order valence-electron chi connectivity index (χ1n) is 7.26. The first kappa shape index (κ1) is 16.0. The lowest BCUT2D eigenvalue weighted by atomic mass is 10.2. The molecule has 5 heteroatoms. The van der Waals surface area contributed by atoms with Gasteiger partial charge in [0, 0.05) is 39.3 Å². The Hall–Kier alpha value is -1.91. The van der Waals surface area contributed by atoms with Crippen LogP contribution >= 0.6 is 23.4 Å². The maximum Gasteiger partial charge on any atom is 0.230 e. The second-order valence-corrected chi connectivity index (χ2v) is 6.54. The summed E-state index contributed by atoms with van der Waals surface area (Å²) >= 11 is 7.54. The molecule has 0 bridgehead atoms. The van der Waals surface area contributed by atoms with Crippen LogP contribution in [0.4, 0.5) is 5.69 Å². The van der Waals surface area contributed by atoms with Crippen molar-refractivity contribution in [3.8, 4) is 0 Å². The zero-order valence-electron chi connectivity index (χ0n) is 13.0. The number of aryl methyl sites for hydroxylation is 1. The summed E-state index contributed by atoms with van der Waals surface area (Å²) in [5.74, 6) is -0.0338. The topological polar surface area (TPSA) is 34.0 Å².